The zero-order chi connectivity index (χ0) is 10.7. The number of thiazole rings is 1. The van der Waals surface area contributed by atoms with Crippen LogP contribution in [0.4, 0.5) is 0 Å². The first kappa shape index (κ1) is 10.7. The first-order valence-corrected chi connectivity index (χ1v) is 6.36. The van der Waals surface area contributed by atoms with Crippen LogP contribution < -0.4 is 5.32 Å². The largest absolute Gasteiger partial charge is 0.311 e. The van der Waals surface area contributed by atoms with Crippen LogP contribution in [-0.4, -0.2) is 21.6 Å². The molecule has 0 bridgehead atoms. The molecule has 0 aliphatic carbocycles. The van der Waals surface area contributed by atoms with Crippen LogP contribution in [0.2, 0.25) is 0 Å². The van der Waals surface area contributed by atoms with Gasteiger partial charge in [0.15, 0.2) is 0 Å². The second kappa shape index (κ2) is 4.78. The standard InChI is InChI=1S/C9H12N4S2/c1-6-4-14-9(11-6)3-7(10-2)8-5-15-13-12-8/h4-5,7,10H,3H2,1-2H3. The number of hydrogen-bond donors (Lipinski definition) is 1. The van der Waals surface area contributed by atoms with E-state index in [4.69, 9.17) is 0 Å². The smallest absolute Gasteiger partial charge is 0.0947 e. The molecule has 1 N–H and O–H groups in total. The first-order valence-electron chi connectivity index (χ1n) is 4.65. The van der Waals surface area contributed by atoms with Crippen LogP contribution in [-0.2, 0) is 6.42 Å². The summed E-state index contributed by atoms with van der Waals surface area (Å²) in [7, 11) is 1.93. The summed E-state index contributed by atoms with van der Waals surface area (Å²) in [6.07, 6.45) is 0.875. The van der Waals surface area contributed by atoms with Gasteiger partial charge in [-0.2, -0.15) is 0 Å². The van der Waals surface area contributed by atoms with Gasteiger partial charge in [0.05, 0.1) is 16.7 Å². The van der Waals surface area contributed by atoms with E-state index in [2.05, 4.69) is 25.3 Å². The van der Waals surface area contributed by atoms with E-state index in [1.807, 2.05) is 19.4 Å². The van der Waals surface area contributed by atoms with Gasteiger partial charge in [-0.15, -0.1) is 16.4 Å². The van der Waals surface area contributed by atoms with Gasteiger partial charge in [-0.1, -0.05) is 4.49 Å². The van der Waals surface area contributed by atoms with Crippen molar-refractivity contribution in [2.75, 3.05) is 7.05 Å². The molecule has 2 aromatic heterocycles. The molecule has 0 aliphatic rings. The third-order valence-electron chi connectivity index (χ3n) is 2.13. The number of rotatable bonds is 4. The van der Waals surface area contributed by atoms with Gasteiger partial charge in [-0.3, -0.25) is 0 Å². The highest BCUT2D eigenvalue weighted by Gasteiger charge is 2.14. The van der Waals surface area contributed by atoms with Gasteiger partial charge < -0.3 is 5.32 Å². The lowest BCUT2D eigenvalue weighted by atomic mass is 10.2. The Kier molecular flexibility index (Phi) is 3.40. The zero-order valence-electron chi connectivity index (χ0n) is 8.60. The van der Waals surface area contributed by atoms with Crippen molar-refractivity contribution in [1.82, 2.24) is 19.9 Å². The third kappa shape index (κ3) is 2.58. The maximum Gasteiger partial charge on any atom is 0.0947 e. The van der Waals surface area contributed by atoms with Crippen molar-refractivity contribution in [2.45, 2.75) is 19.4 Å². The average molecular weight is 240 g/mol. The Hall–Kier alpha value is -0.850. The molecular weight excluding hydrogens is 228 g/mol. The number of nitrogens with one attached hydrogen (secondary N) is 1. The van der Waals surface area contributed by atoms with Gasteiger partial charge in [0, 0.05) is 22.9 Å². The monoisotopic (exact) mass is 240 g/mol. The Morgan fingerprint density at radius 3 is 2.87 bits per heavy atom. The Bertz CT molecular complexity index is 409. The lowest BCUT2D eigenvalue weighted by Gasteiger charge is -2.10. The first-order chi connectivity index (χ1) is 7.29. The molecule has 0 spiro atoms. The Labute approximate surface area is 96.5 Å². The van der Waals surface area contributed by atoms with Crippen molar-refractivity contribution < 1.29 is 0 Å². The normalized spacial score (nSPS) is 12.9. The molecule has 80 valence electrons. The predicted molar refractivity (Wildman–Crippen MR) is 62.3 cm³/mol. The van der Waals surface area contributed by atoms with E-state index in [0.29, 0.717) is 0 Å². The van der Waals surface area contributed by atoms with Crippen LogP contribution in [0, 0.1) is 6.92 Å². The summed E-state index contributed by atoms with van der Waals surface area (Å²) < 4.78 is 3.87. The van der Waals surface area contributed by atoms with E-state index in [1.54, 1.807) is 11.3 Å². The van der Waals surface area contributed by atoms with Gasteiger partial charge in [0.25, 0.3) is 0 Å². The lowest BCUT2D eigenvalue weighted by Crippen LogP contribution is -2.19. The van der Waals surface area contributed by atoms with Crippen LogP contribution >= 0.6 is 22.9 Å². The Morgan fingerprint density at radius 2 is 2.33 bits per heavy atom. The lowest BCUT2D eigenvalue weighted by molar-refractivity contribution is 0.572. The molecule has 2 aromatic rings. The van der Waals surface area contributed by atoms with Gasteiger partial charge in [-0.05, 0) is 25.5 Å². The van der Waals surface area contributed by atoms with Gasteiger partial charge in [0.1, 0.15) is 0 Å². The van der Waals surface area contributed by atoms with Crippen molar-refractivity contribution in [3.8, 4) is 0 Å². The van der Waals surface area contributed by atoms with Crippen LogP contribution in [0.5, 0.6) is 0 Å². The van der Waals surface area contributed by atoms with E-state index in [0.717, 1.165) is 22.8 Å². The average Bonchev–Trinajstić information content (AvgIpc) is 2.85. The molecule has 0 aromatic carbocycles. The second-order valence-electron chi connectivity index (χ2n) is 3.26. The molecule has 0 fully saturated rings. The highest BCUT2D eigenvalue weighted by Crippen LogP contribution is 2.19. The van der Waals surface area contributed by atoms with E-state index < -0.39 is 0 Å². The van der Waals surface area contributed by atoms with Crippen molar-refractivity contribution in [3.05, 3.63) is 27.2 Å². The molecule has 0 amide bonds. The van der Waals surface area contributed by atoms with Crippen LogP contribution in [0.3, 0.4) is 0 Å². The number of nitrogens with zero attached hydrogens (tertiary/aromatic N) is 3. The van der Waals surface area contributed by atoms with E-state index in [9.17, 15) is 0 Å². The fourth-order valence-electron chi connectivity index (χ4n) is 1.35. The highest BCUT2D eigenvalue weighted by atomic mass is 32.1. The van der Waals surface area contributed by atoms with Crippen molar-refractivity contribution in [2.24, 2.45) is 0 Å². The minimum atomic E-state index is 0.217. The molecular formula is C9H12N4S2. The molecule has 2 heterocycles. The fourth-order valence-corrected chi connectivity index (χ4v) is 2.68. The number of aromatic nitrogens is 3. The summed E-state index contributed by atoms with van der Waals surface area (Å²) in [5.41, 5.74) is 2.08. The van der Waals surface area contributed by atoms with Crippen LogP contribution in [0.1, 0.15) is 22.4 Å². The number of hydrogen-bond acceptors (Lipinski definition) is 6. The Morgan fingerprint density at radius 1 is 1.47 bits per heavy atom. The van der Waals surface area contributed by atoms with E-state index in [-0.39, 0.29) is 6.04 Å². The maximum absolute atomic E-state index is 4.44. The summed E-state index contributed by atoms with van der Waals surface area (Å²) in [6, 6.07) is 0.217. The van der Waals surface area contributed by atoms with Crippen molar-refractivity contribution in [1.29, 1.82) is 0 Å². The minimum absolute atomic E-state index is 0.217. The zero-order valence-corrected chi connectivity index (χ0v) is 10.2. The maximum atomic E-state index is 4.44. The number of aryl methyl sites for hydroxylation is 1. The molecule has 0 saturated heterocycles. The summed E-state index contributed by atoms with van der Waals surface area (Å²) >= 11 is 3.08. The van der Waals surface area contributed by atoms with E-state index in [1.165, 1.54) is 11.5 Å². The minimum Gasteiger partial charge on any atom is -0.311 e. The van der Waals surface area contributed by atoms with E-state index >= 15 is 0 Å². The summed E-state index contributed by atoms with van der Waals surface area (Å²) in [6.45, 7) is 2.01. The summed E-state index contributed by atoms with van der Waals surface area (Å²) in [4.78, 5) is 4.44. The SMILES string of the molecule is CNC(Cc1nc(C)cs1)c1csnn1. The molecule has 0 saturated carbocycles. The Balaban J connectivity index is 2.09. The second-order valence-corrected chi connectivity index (χ2v) is 4.81. The van der Waals surface area contributed by atoms with Gasteiger partial charge in [0.2, 0.25) is 0 Å². The molecule has 4 nitrogen and oxygen atoms in total. The highest BCUT2D eigenvalue weighted by molar-refractivity contribution is 7.09. The summed E-state index contributed by atoms with van der Waals surface area (Å²) in [5.74, 6) is 0. The van der Waals surface area contributed by atoms with Crippen molar-refractivity contribution >= 4 is 22.9 Å². The molecule has 1 atom stereocenters. The summed E-state index contributed by atoms with van der Waals surface area (Å²) in [5, 5.41) is 12.5. The predicted octanol–water partition coefficient (Wildman–Crippen LogP) is 1.81. The van der Waals surface area contributed by atoms with Crippen LogP contribution in [0.25, 0.3) is 0 Å². The molecule has 15 heavy (non-hydrogen) atoms. The topological polar surface area (TPSA) is 50.7 Å². The molecule has 0 radical (unpaired) electrons. The third-order valence-corrected chi connectivity index (χ3v) is 3.64. The molecule has 6 heteroatoms. The van der Waals surface area contributed by atoms with Crippen LogP contribution in [0.15, 0.2) is 10.8 Å². The number of likely N-dealkylation sites (N-methyl/N-ethyl adjacent to an activating group) is 1. The van der Waals surface area contributed by atoms with Gasteiger partial charge in [-0.25, -0.2) is 4.98 Å². The fraction of sp³-hybridized carbons (Fsp3) is 0.444. The molecule has 0 aliphatic heterocycles. The quantitative estimate of drug-likeness (QED) is 0.885. The molecule has 2 rings (SSSR count). The molecule has 1 unspecified atom stereocenters. The van der Waals surface area contributed by atoms with Gasteiger partial charge >= 0.3 is 0 Å². The van der Waals surface area contributed by atoms with Crippen molar-refractivity contribution in [3.63, 3.8) is 0 Å².